The standard InChI is InChI=1S/C23H26N2O/c1-14-9-15(2)11-16(10-14)21-13-17-12-18(5-8-20(17)25-21)23(3,4)22(26)24-19-6-7-19/h5,8-13,19,25H,6-7H2,1-4H3,(H,24,26). The molecule has 0 atom stereocenters. The Bertz CT molecular complexity index is 972. The molecule has 134 valence electrons. The zero-order valence-corrected chi connectivity index (χ0v) is 15.9. The molecule has 0 bridgehead atoms. The van der Waals surface area contributed by atoms with Crippen molar-refractivity contribution in [2.75, 3.05) is 0 Å². The normalized spacial score (nSPS) is 14.6. The smallest absolute Gasteiger partial charge is 0.230 e. The van der Waals surface area contributed by atoms with E-state index in [1.807, 2.05) is 13.8 Å². The van der Waals surface area contributed by atoms with Crippen molar-refractivity contribution in [2.24, 2.45) is 0 Å². The number of carbonyl (C=O) groups is 1. The average Bonchev–Trinajstić information content (AvgIpc) is 3.28. The maximum absolute atomic E-state index is 12.6. The van der Waals surface area contributed by atoms with Crippen LogP contribution in [0.1, 0.15) is 43.4 Å². The number of benzene rings is 2. The number of H-pyrrole nitrogens is 1. The lowest BCUT2D eigenvalue weighted by Crippen LogP contribution is -2.41. The topological polar surface area (TPSA) is 44.9 Å². The molecule has 0 unspecified atom stereocenters. The molecule has 0 spiro atoms. The third-order valence-corrected chi connectivity index (χ3v) is 5.36. The zero-order chi connectivity index (χ0) is 18.5. The van der Waals surface area contributed by atoms with Gasteiger partial charge < -0.3 is 10.3 Å². The molecule has 0 saturated heterocycles. The lowest BCUT2D eigenvalue weighted by molar-refractivity contribution is -0.125. The van der Waals surface area contributed by atoms with E-state index in [-0.39, 0.29) is 5.91 Å². The summed E-state index contributed by atoms with van der Waals surface area (Å²) in [6.07, 6.45) is 2.22. The molecule has 3 nitrogen and oxygen atoms in total. The van der Waals surface area contributed by atoms with Crippen molar-refractivity contribution in [3.63, 3.8) is 0 Å². The summed E-state index contributed by atoms with van der Waals surface area (Å²) >= 11 is 0. The van der Waals surface area contributed by atoms with Gasteiger partial charge in [0.25, 0.3) is 0 Å². The molecule has 0 aliphatic heterocycles. The minimum absolute atomic E-state index is 0.115. The molecule has 1 amide bonds. The van der Waals surface area contributed by atoms with E-state index in [4.69, 9.17) is 0 Å². The molecule has 2 aromatic carbocycles. The summed E-state index contributed by atoms with van der Waals surface area (Å²) in [5.74, 6) is 0.115. The van der Waals surface area contributed by atoms with Crippen LogP contribution in [0.3, 0.4) is 0 Å². The number of hydrogen-bond acceptors (Lipinski definition) is 1. The fraction of sp³-hybridized carbons (Fsp3) is 0.348. The van der Waals surface area contributed by atoms with Gasteiger partial charge in [0.1, 0.15) is 0 Å². The number of hydrogen-bond donors (Lipinski definition) is 2. The molecule has 1 aliphatic rings. The summed E-state index contributed by atoms with van der Waals surface area (Å²) in [7, 11) is 0. The maximum atomic E-state index is 12.6. The van der Waals surface area contributed by atoms with Crippen LogP contribution in [0.15, 0.2) is 42.5 Å². The van der Waals surface area contributed by atoms with Gasteiger partial charge in [0.05, 0.1) is 5.41 Å². The van der Waals surface area contributed by atoms with E-state index in [1.165, 1.54) is 16.7 Å². The number of carbonyl (C=O) groups excluding carboxylic acids is 1. The molecule has 3 heteroatoms. The van der Waals surface area contributed by atoms with Crippen LogP contribution in [-0.2, 0) is 10.2 Å². The van der Waals surface area contributed by atoms with Crippen LogP contribution in [0.5, 0.6) is 0 Å². The summed E-state index contributed by atoms with van der Waals surface area (Å²) in [6.45, 7) is 8.25. The summed E-state index contributed by atoms with van der Waals surface area (Å²) in [5, 5.41) is 4.28. The monoisotopic (exact) mass is 346 g/mol. The fourth-order valence-corrected chi connectivity index (χ4v) is 3.53. The van der Waals surface area contributed by atoms with Gasteiger partial charge in [-0.3, -0.25) is 4.79 Å². The molecule has 1 saturated carbocycles. The molecule has 1 aliphatic carbocycles. The van der Waals surface area contributed by atoms with Crippen molar-refractivity contribution >= 4 is 16.8 Å². The highest BCUT2D eigenvalue weighted by Crippen LogP contribution is 2.31. The number of aromatic nitrogens is 1. The van der Waals surface area contributed by atoms with Crippen molar-refractivity contribution in [2.45, 2.75) is 52.0 Å². The second-order valence-corrected chi connectivity index (χ2v) is 8.23. The van der Waals surface area contributed by atoms with Gasteiger partial charge >= 0.3 is 0 Å². The number of rotatable bonds is 4. The fourth-order valence-electron chi connectivity index (χ4n) is 3.53. The molecule has 2 N–H and O–H groups in total. The third-order valence-electron chi connectivity index (χ3n) is 5.36. The van der Waals surface area contributed by atoms with Crippen LogP contribution in [0.2, 0.25) is 0 Å². The molecule has 3 aromatic rings. The van der Waals surface area contributed by atoms with Crippen molar-refractivity contribution < 1.29 is 4.79 Å². The Balaban J connectivity index is 1.70. The van der Waals surface area contributed by atoms with Gasteiger partial charge in [-0.2, -0.15) is 0 Å². The Morgan fingerprint density at radius 2 is 1.73 bits per heavy atom. The number of aromatic amines is 1. The lowest BCUT2D eigenvalue weighted by Gasteiger charge is -2.24. The highest BCUT2D eigenvalue weighted by Gasteiger charge is 2.34. The average molecular weight is 346 g/mol. The first-order valence-corrected chi connectivity index (χ1v) is 9.36. The molecule has 0 radical (unpaired) electrons. The highest BCUT2D eigenvalue weighted by atomic mass is 16.2. The van der Waals surface area contributed by atoms with Crippen LogP contribution >= 0.6 is 0 Å². The Labute approximate surface area is 154 Å². The van der Waals surface area contributed by atoms with Crippen molar-refractivity contribution in [1.82, 2.24) is 10.3 Å². The summed E-state index contributed by atoms with van der Waals surface area (Å²) in [6, 6.07) is 15.4. The largest absolute Gasteiger partial charge is 0.355 e. The van der Waals surface area contributed by atoms with Gasteiger partial charge in [0.15, 0.2) is 0 Å². The second kappa shape index (κ2) is 6.01. The molecule has 1 heterocycles. The Hall–Kier alpha value is -2.55. The quantitative estimate of drug-likeness (QED) is 0.685. The van der Waals surface area contributed by atoms with E-state index in [1.54, 1.807) is 0 Å². The van der Waals surface area contributed by atoms with Gasteiger partial charge in [-0.25, -0.2) is 0 Å². The van der Waals surface area contributed by atoms with Crippen LogP contribution in [-0.4, -0.2) is 16.9 Å². The minimum Gasteiger partial charge on any atom is -0.355 e. The Morgan fingerprint density at radius 3 is 2.38 bits per heavy atom. The first kappa shape index (κ1) is 16.9. The lowest BCUT2D eigenvalue weighted by atomic mass is 9.83. The van der Waals surface area contributed by atoms with Gasteiger partial charge in [0, 0.05) is 22.6 Å². The minimum atomic E-state index is -0.534. The van der Waals surface area contributed by atoms with Crippen molar-refractivity contribution in [1.29, 1.82) is 0 Å². The third kappa shape index (κ3) is 3.14. The van der Waals surface area contributed by atoms with E-state index >= 15 is 0 Å². The maximum Gasteiger partial charge on any atom is 0.230 e. The molecule has 1 aromatic heterocycles. The van der Waals surface area contributed by atoms with E-state index in [9.17, 15) is 4.79 Å². The molecular formula is C23H26N2O. The van der Waals surface area contributed by atoms with Crippen LogP contribution in [0.4, 0.5) is 0 Å². The first-order chi connectivity index (χ1) is 12.3. The molecule has 26 heavy (non-hydrogen) atoms. The van der Waals surface area contributed by atoms with E-state index < -0.39 is 5.41 Å². The summed E-state index contributed by atoms with van der Waals surface area (Å²) < 4.78 is 0. The van der Waals surface area contributed by atoms with E-state index in [0.717, 1.165) is 35.0 Å². The summed E-state index contributed by atoms with van der Waals surface area (Å²) in [4.78, 5) is 16.2. The Kier molecular flexibility index (Phi) is 3.91. The van der Waals surface area contributed by atoms with Crippen molar-refractivity contribution in [3.8, 4) is 11.3 Å². The van der Waals surface area contributed by atoms with Gasteiger partial charge in [-0.05, 0) is 82.0 Å². The number of fused-ring (bicyclic) bond motifs is 1. The zero-order valence-electron chi connectivity index (χ0n) is 15.9. The van der Waals surface area contributed by atoms with E-state index in [2.05, 4.69) is 66.6 Å². The van der Waals surface area contributed by atoms with Crippen LogP contribution in [0, 0.1) is 13.8 Å². The predicted octanol–water partition coefficient (Wildman–Crippen LogP) is 5.01. The Morgan fingerprint density at radius 1 is 1.04 bits per heavy atom. The van der Waals surface area contributed by atoms with Gasteiger partial charge in [-0.1, -0.05) is 23.3 Å². The second-order valence-electron chi connectivity index (χ2n) is 8.23. The van der Waals surface area contributed by atoms with Crippen LogP contribution < -0.4 is 5.32 Å². The van der Waals surface area contributed by atoms with Crippen molar-refractivity contribution in [3.05, 3.63) is 59.2 Å². The first-order valence-electron chi connectivity index (χ1n) is 9.36. The van der Waals surface area contributed by atoms with Gasteiger partial charge in [-0.15, -0.1) is 0 Å². The van der Waals surface area contributed by atoms with Crippen LogP contribution in [0.25, 0.3) is 22.2 Å². The number of nitrogens with one attached hydrogen (secondary N) is 2. The number of amides is 1. The SMILES string of the molecule is Cc1cc(C)cc(-c2cc3cc(C(C)(C)C(=O)NC4CC4)ccc3[nH]2)c1. The molecule has 1 fully saturated rings. The van der Waals surface area contributed by atoms with Gasteiger partial charge in [0.2, 0.25) is 5.91 Å². The summed E-state index contributed by atoms with van der Waals surface area (Å²) in [5.41, 5.74) is 6.45. The highest BCUT2D eigenvalue weighted by molar-refractivity contribution is 5.91. The molecule has 4 rings (SSSR count). The number of aryl methyl sites for hydroxylation is 2. The van der Waals surface area contributed by atoms with E-state index in [0.29, 0.717) is 6.04 Å². The molecular weight excluding hydrogens is 320 g/mol. The predicted molar refractivity (Wildman–Crippen MR) is 107 cm³/mol.